The van der Waals surface area contributed by atoms with E-state index in [1.165, 1.54) is 11.3 Å². The van der Waals surface area contributed by atoms with Gasteiger partial charge in [-0.15, -0.1) is 11.3 Å². The van der Waals surface area contributed by atoms with E-state index in [4.69, 9.17) is 4.74 Å². The van der Waals surface area contributed by atoms with E-state index in [2.05, 4.69) is 10.0 Å². The molecular formula is C12H20N2O3S2. The number of rotatable bonds is 6. The molecule has 0 saturated carbocycles. The van der Waals surface area contributed by atoms with E-state index in [1.54, 1.807) is 11.4 Å². The lowest BCUT2D eigenvalue weighted by atomic mass is 10.0. The third kappa shape index (κ3) is 3.76. The second-order valence-electron chi connectivity index (χ2n) is 4.81. The largest absolute Gasteiger partial charge is 0.381 e. The molecule has 2 heterocycles. The maximum atomic E-state index is 12.3. The van der Waals surface area contributed by atoms with Gasteiger partial charge in [0, 0.05) is 35.4 Å². The Bertz CT molecular complexity index is 507. The van der Waals surface area contributed by atoms with Crippen LogP contribution in [-0.2, 0) is 21.3 Å². The number of hydrogen-bond acceptors (Lipinski definition) is 5. The van der Waals surface area contributed by atoms with Gasteiger partial charge in [0.05, 0.1) is 11.5 Å². The van der Waals surface area contributed by atoms with Crippen LogP contribution in [0.2, 0.25) is 0 Å². The summed E-state index contributed by atoms with van der Waals surface area (Å²) >= 11 is 1.45. The lowest BCUT2D eigenvalue weighted by Gasteiger charge is -2.18. The summed E-state index contributed by atoms with van der Waals surface area (Å²) in [5, 5.41) is 4.70. The fraction of sp³-hybridized carbons (Fsp3) is 0.667. The van der Waals surface area contributed by atoms with Gasteiger partial charge in [0.25, 0.3) is 0 Å². The Kier molecular flexibility index (Phi) is 4.97. The Morgan fingerprint density at radius 1 is 1.58 bits per heavy atom. The molecule has 7 heteroatoms. The molecule has 1 aliphatic heterocycles. The van der Waals surface area contributed by atoms with Gasteiger partial charge >= 0.3 is 0 Å². The number of ether oxygens (including phenoxy) is 1. The number of sulfonamides is 1. The fourth-order valence-electron chi connectivity index (χ4n) is 2.12. The molecular weight excluding hydrogens is 284 g/mol. The van der Waals surface area contributed by atoms with Crippen LogP contribution in [0.25, 0.3) is 0 Å². The Labute approximate surface area is 118 Å². The maximum Gasteiger partial charge on any atom is 0.241 e. The van der Waals surface area contributed by atoms with Crippen LogP contribution >= 0.6 is 11.3 Å². The lowest BCUT2D eigenvalue weighted by Crippen LogP contribution is -2.38. The van der Waals surface area contributed by atoms with Gasteiger partial charge in [0.2, 0.25) is 10.0 Å². The molecule has 2 rings (SSSR count). The van der Waals surface area contributed by atoms with Crippen molar-refractivity contribution in [2.75, 3.05) is 20.3 Å². The van der Waals surface area contributed by atoms with Gasteiger partial charge < -0.3 is 10.1 Å². The molecule has 1 fully saturated rings. The summed E-state index contributed by atoms with van der Waals surface area (Å²) in [5.74, 6) is 0.269. The molecule has 5 nitrogen and oxygen atoms in total. The second kappa shape index (κ2) is 6.32. The first kappa shape index (κ1) is 14.9. The standard InChI is InChI=1S/C12H20N2O3S2/c1-9(10-3-4-17-7-10)14-19(15,16)12-5-11(6-13-2)18-8-12/h5,8-10,13-14H,3-4,6-7H2,1-2H3. The van der Waals surface area contributed by atoms with Crippen molar-refractivity contribution < 1.29 is 13.2 Å². The molecule has 19 heavy (non-hydrogen) atoms. The minimum atomic E-state index is -3.42. The molecule has 0 aliphatic carbocycles. The minimum absolute atomic E-state index is 0.0971. The van der Waals surface area contributed by atoms with Gasteiger partial charge in [0.15, 0.2) is 0 Å². The van der Waals surface area contributed by atoms with Crippen LogP contribution in [0.5, 0.6) is 0 Å². The molecule has 2 N–H and O–H groups in total. The number of hydrogen-bond donors (Lipinski definition) is 2. The fourth-order valence-corrected chi connectivity index (χ4v) is 4.72. The van der Waals surface area contributed by atoms with Crippen LogP contribution < -0.4 is 10.0 Å². The molecule has 0 amide bonds. The third-order valence-corrected chi connectivity index (χ3v) is 5.93. The summed E-state index contributed by atoms with van der Waals surface area (Å²) in [7, 11) is -1.58. The van der Waals surface area contributed by atoms with Crippen LogP contribution in [0.15, 0.2) is 16.3 Å². The topological polar surface area (TPSA) is 67.4 Å². The molecule has 108 valence electrons. The molecule has 0 radical (unpaired) electrons. The zero-order valence-corrected chi connectivity index (χ0v) is 12.8. The Balaban J connectivity index is 2.03. The predicted molar refractivity (Wildman–Crippen MR) is 75.8 cm³/mol. The van der Waals surface area contributed by atoms with Gasteiger partial charge in [-0.2, -0.15) is 0 Å². The van der Waals surface area contributed by atoms with Gasteiger partial charge in [0.1, 0.15) is 0 Å². The summed E-state index contributed by atoms with van der Waals surface area (Å²) in [5.41, 5.74) is 0. The lowest BCUT2D eigenvalue weighted by molar-refractivity contribution is 0.180. The molecule has 1 aromatic rings. The molecule has 2 atom stereocenters. The van der Waals surface area contributed by atoms with E-state index in [9.17, 15) is 8.42 Å². The molecule has 0 aromatic carbocycles. The highest BCUT2D eigenvalue weighted by molar-refractivity contribution is 7.89. The van der Waals surface area contributed by atoms with Crippen molar-refractivity contribution >= 4 is 21.4 Å². The average molecular weight is 304 g/mol. The summed E-state index contributed by atoms with van der Waals surface area (Å²) in [6.07, 6.45) is 0.915. The quantitative estimate of drug-likeness (QED) is 0.828. The predicted octanol–water partition coefficient (Wildman–Crippen LogP) is 1.17. The monoisotopic (exact) mass is 304 g/mol. The van der Waals surface area contributed by atoms with Crippen molar-refractivity contribution in [1.29, 1.82) is 0 Å². The highest BCUT2D eigenvalue weighted by Crippen LogP contribution is 2.22. The maximum absolute atomic E-state index is 12.3. The van der Waals surface area contributed by atoms with Crippen molar-refractivity contribution in [1.82, 2.24) is 10.0 Å². The van der Waals surface area contributed by atoms with E-state index >= 15 is 0 Å². The summed E-state index contributed by atoms with van der Waals surface area (Å²) < 4.78 is 32.5. The smallest absolute Gasteiger partial charge is 0.241 e. The first-order valence-corrected chi connectivity index (χ1v) is 8.71. The van der Waals surface area contributed by atoms with Crippen molar-refractivity contribution in [2.24, 2.45) is 5.92 Å². The Morgan fingerprint density at radius 2 is 2.37 bits per heavy atom. The Morgan fingerprint density at radius 3 is 3.00 bits per heavy atom. The number of nitrogens with one attached hydrogen (secondary N) is 2. The average Bonchev–Trinajstić information content (AvgIpc) is 2.99. The first-order chi connectivity index (χ1) is 9.03. The van der Waals surface area contributed by atoms with Crippen molar-refractivity contribution in [3.63, 3.8) is 0 Å². The summed E-state index contributed by atoms with van der Waals surface area (Å²) in [6.45, 7) is 3.95. The summed E-state index contributed by atoms with van der Waals surface area (Å²) in [4.78, 5) is 1.37. The van der Waals surface area contributed by atoms with E-state index in [-0.39, 0.29) is 12.0 Å². The van der Waals surface area contributed by atoms with E-state index in [1.807, 2.05) is 14.0 Å². The van der Waals surface area contributed by atoms with Crippen LogP contribution in [-0.4, -0.2) is 34.7 Å². The molecule has 0 bridgehead atoms. The van der Waals surface area contributed by atoms with Gasteiger partial charge in [-0.25, -0.2) is 13.1 Å². The van der Waals surface area contributed by atoms with Crippen LogP contribution in [0, 0.1) is 5.92 Å². The van der Waals surface area contributed by atoms with Gasteiger partial charge in [-0.1, -0.05) is 0 Å². The Hall–Kier alpha value is -0.470. The van der Waals surface area contributed by atoms with Crippen molar-refractivity contribution in [2.45, 2.75) is 30.8 Å². The van der Waals surface area contributed by atoms with Crippen molar-refractivity contribution in [3.05, 3.63) is 16.3 Å². The normalized spacial score (nSPS) is 21.7. The minimum Gasteiger partial charge on any atom is -0.381 e. The van der Waals surface area contributed by atoms with Crippen molar-refractivity contribution in [3.8, 4) is 0 Å². The van der Waals surface area contributed by atoms with Gasteiger partial charge in [-0.3, -0.25) is 0 Å². The van der Waals surface area contributed by atoms with Crippen LogP contribution in [0.3, 0.4) is 0 Å². The molecule has 2 unspecified atom stereocenters. The van der Waals surface area contributed by atoms with Crippen LogP contribution in [0.4, 0.5) is 0 Å². The SMILES string of the molecule is CNCc1cc(S(=O)(=O)NC(C)C2CCOC2)cs1. The second-order valence-corrected chi connectivity index (χ2v) is 7.52. The third-order valence-electron chi connectivity index (χ3n) is 3.30. The van der Waals surface area contributed by atoms with E-state index < -0.39 is 10.0 Å². The molecule has 1 saturated heterocycles. The first-order valence-electron chi connectivity index (χ1n) is 6.35. The molecule has 1 aliphatic rings. The van der Waals surface area contributed by atoms with E-state index in [0.29, 0.717) is 18.0 Å². The molecule has 0 spiro atoms. The van der Waals surface area contributed by atoms with Crippen LogP contribution in [0.1, 0.15) is 18.2 Å². The zero-order chi connectivity index (χ0) is 13.9. The summed E-state index contributed by atoms with van der Waals surface area (Å²) in [6, 6.07) is 1.63. The van der Waals surface area contributed by atoms with E-state index in [0.717, 1.165) is 17.9 Å². The zero-order valence-electron chi connectivity index (χ0n) is 11.2. The van der Waals surface area contributed by atoms with Gasteiger partial charge in [-0.05, 0) is 26.5 Å². The molecule has 1 aromatic heterocycles. The number of thiophene rings is 1. The highest BCUT2D eigenvalue weighted by atomic mass is 32.2. The highest BCUT2D eigenvalue weighted by Gasteiger charge is 2.27.